The van der Waals surface area contributed by atoms with Gasteiger partial charge in [-0.2, -0.15) is 15.0 Å². The van der Waals surface area contributed by atoms with Crippen molar-refractivity contribution in [2.45, 2.75) is 25.4 Å². The predicted molar refractivity (Wildman–Crippen MR) is 96.2 cm³/mol. The Kier molecular flexibility index (Phi) is 4.42. The van der Waals surface area contributed by atoms with Crippen LogP contribution in [0.2, 0.25) is 5.28 Å². The minimum absolute atomic E-state index is 0.0115. The largest absolute Gasteiger partial charge is 0.342 e. The molecule has 8 nitrogen and oxygen atoms in total. The number of alkyl halides is 2. The van der Waals surface area contributed by atoms with E-state index in [4.69, 9.17) is 18.2 Å². The maximum atomic E-state index is 13.1. The number of amides is 1. The summed E-state index contributed by atoms with van der Waals surface area (Å²) in [6, 6.07) is 1.77. The van der Waals surface area contributed by atoms with Gasteiger partial charge in [-0.05, 0) is 29.7 Å². The molecule has 0 spiro atoms. The van der Waals surface area contributed by atoms with Crippen LogP contribution in [0.5, 0.6) is 0 Å². The first-order valence-corrected chi connectivity index (χ1v) is 8.98. The molecule has 1 fully saturated rings. The van der Waals surface area contributed by atoms with Gasteiger partial charge in [0, 0.05) is 19.3 Å². The molecule has 4 heterocycles. The van der Waals surface area contributed by atoms with Gasteiger partial charge in [0.15, 0.2) is 0 Å². The molecule has 0 N–H and O–H groups in total. The molecular weight excluding hydrogens is 392 g/mol. The molecule has 0 saturated carbocycles. The number of hydrogen-bond acceptors (Lipinski definition) is 5. The van der Waals surface area contributed by atoms with Crippen LogP contribution in [0.15, 0.2) is 6.07 Å². The van der Waals surface area contributed by atoms with Crippen molar-refractivity contribution in [3.8, 4) is 0 Å². The van der Waals surface area contributed by atoms with E-state index in [9.17, 15) is 13.6 Å². The van der Waals surface area contributed by atoms with Gasteiger partial charge in [0.25, 0.3) is 18.4 Å². The minimum atomic E-state index is -2.79. The van der Waals surface area contributed by atoms with Gasteiger partial charge in [-0.15, -0.1) is 0 Å². The van der Waals surface area contributed by atoms with E-state index >= 15 is 0 Å². The summed E-state index contributed by atoms with van der Waals surface area (Å²) in [7, 11) is 1.75. The highest BCUT2D eigenvalue weighted by atomic mass is 35.5. The molecule has 28 heavy (non-hydrogen) atoms. The van der Waals surface area contributed by atoms with Gasteiger partial charge in [-0.25, -0.2) is 15.4 Å². The van der Waals surface area contributed by atoms with Gasteiger partial charge in [0.2, 0.25) is 17.1 Å². The number of carbonyl (C=O) groups excluding carboxylic acids is 1. The highest BCUT2D eigenvalue weighted by molar-refractivity contribution is 6.28. The zero-order valence-corrected chi connectivity index (χ0v) is 15.7. The fourth-order valence-electron chi connectivity index (χ4n) is 3.50. The Morgan fingerprint density at radius 3 is 2.79 bits per heavy atom. The average molecular weight is 408 g/mol. The van der Waals surface area contributed by atoms with Gasteiger partial charge < -0.3 is 19.2 Å². The maximum absolute atomic E-state index is 13.1. The molecular formula is C17H16ClF2N7O. The minimum Gasteiger partial charge on any atom is -0.342 e. The number of nitrogens with zero attached hydrogens (tertiary/aromatic N) is 7. The summed E-state index contributed by atoms with van der Waals surface area (Å²) < 4.78 is 27.9. The van der Waals surface area contributed by atoms with Crippen LogP contribution >= 0.6 is 11.6 Å². The van der Waals surface area contributed by atoms with E-state index < -0.39 is 24.9 Å². The molecule has 2 aliphatic heterocycles. The van der Waals surface area contributed by atoms with Crippen LogP contribution in [-0.2, 0) is 26.6 Å². The normalized spacial score (nSPS) is 17.7. The molecule has 2 aliphatic rings. The fraction of sp³-hybridized carbons (Fsp3) is 0.471. The second-order valence-corrected chi connectivity index (χ2v) is 7.22. The first-order valence-electron chi connectivity index (χ1n) is 8.60. The summed E-state index contributed by atoms with van der Waals surface area (Å²) in [5.41, 5.74) is 2.28. The number of anilines is 1. The first-order chi connectivity index (χ1) is 13.3. The molecule has 0 unspecified atom stereocenters. The zero-order chi connectivity index (χ0) is 20.1. The van der Waals surface area contributed by atoms with Crippen LogP contribution in [-0.4, -0.2) is 55.9 Å². The van der Waals surface area contributed by atoms with Crippen LogP contribution in [0.1, 0.15) is 27.6 Å². The van der Waals surface area contributed by atoms with Crippen molar-refractivity contribution in [3.63, 3.8) is 0 Å². The Morgan fingerprint density at radius 2 is 2.11 bits per heavy atom. The monoisotopic (exact) mass is 407 g/mol. The Balaban J connectivity index is 1.57. The van der Waals surface area contributed by atoms with Crippen LogP contribution in [0.3, 0.4) is 0 Å². The fourth-order valence-corrected chi connectivity index (χ4v) is 3.67. The van der Waals surface area contributed by atoms with E-state index in [0.29, 0.717) is 37.0 Å². The standard InChI is InChI=1S/C17H16ClF2N7O/c1-21-6-13-22-15(18)24-16(23-13)26-4-3-10-5-11(25(2)12(10)7-26)14(28)27-8-17(19,20)9-27/h5H,3-4,6-9H2,2H3. The lowest BCUT2D eigenvalue weighted by atomic mass is 10.1. The Hall–Kier alpha value is -2.80. The van der Waals surface area contributed by atoms with Crippen molar-refractivity contribution < 1.29 is 13.6 Å². The Labute approximate surface area is 164 Å². The molecule has 1 amide bonds. The van der Waals surface area contributed by atoms with Crippen LogP contribution in [0.25, 0.3) is 4.85 Å². The lowest BCUT2D eigenvalue weighted by molar-refractivity contribution is -0.113. The average Bonchev–Trinajstić information content (AvgIpc) is 2.95. The molecule has 1 saturated heterocycles. The molecule has 0 radical (unpaired) electrons. The van der Waals surface area contributed by atoms with Crippen molar-refractivity contribution in [1.29, 1.82) is 0 Å². The first kappa shape index (κ1) is 18.6. The van der Waals surface area contributed by atoms with Gasteiger partial charge in [-0.3, -0.25) is 4.79 Å². The lowest BCUT2D eigenvalue weighted by Crippen LogP contribution is -2.58. The van der Waals surface area contributed by atoms with Gasteiger partial charge in [0.05, 0.1) is 19.6 Å². The number of likely N-dealkylation sites (tertiary alicyclic amines) is 1. The van der Waals surface area contributed by atoms with Crippen molar-refractivity contribution in [3.05, 3.63) is 45.5 Å². The number of fused-ring (bicyclic) bond motifs is 1. The SMILES string of the molecule is [C-]#[N+]Cc1nc(Cl)nc(N2CCc3cc(C(=O)N4CC(F)(F)C4)n(C)c3C2)n1. The number of hydrogen-bond donors (Lipinski definition) is 0. The molecule has 2 aromatic heterocycles. The summed E-state index contributed by atoms with van der Waals surface area (Å²) in [6.45, 7) is 6.92. The van der Waals surface area contributed by atoms with Crippen LogP contribution < -0.4 is 4.90 Å². The second kappa shape index (κ2) is 6.67. The third-order valence-electron chi connectivity index (χ3n) is 4.94. The van der Waals surface area contributed by atoms with Crippen molar-refractivity contribution in [2.75, 3.05) is 24.5 Å². The van der Waals surface area contributed by atoms with E-state index in [1.807, 2.05) is 4.90 Å². The molecule has 0 aromatic carbocycles. The summed E-state index contributed by atoms with van der Waals surface area (Å²) in [6.07, 6.45) is 0.647. The third-order valence-corrected chi connectivity index (χ3v) is 5.11. The maximum Gasteiger partial charge on any atom is 0.282 e. The molecule has 11 heteroatoms. The Morgan fingerprint density at radius 1 is 1.36 bits per heavy atom. The van der Waals surface area contributed by atoms with Crippen molar-refractivity contribution in [2.24, 2.45) is 7.05 Å². The third kappa shape index (κ3) is 3.26. The number of rotatable bonds is 3. The van der Waals surface area contributed by atoms with Crippen LogP contribution in [0, 0.1) is 6.57 Å². The molecule has 0 bridgehead atoms. The van der Waals surface area contributed by atoms with Crippen molar-refractivity contribution in [1.82, 2.24) is 24.4 Å². The Bertz CT molecular complexity index is 992. The highest BCUT2D eigenvalue weighted by Gasteiger charge is 2.47. The number of carbonyl (C=O) groups is 1. The number of halogens is 3. The summed E-state index contributed by atoms with van der Waals surface area (Å²) in [5, 5.41) is 0.0240. The molecule has 0 aliphatic carbocycles. The van der Waals surface area contributed by atoms with E-state index in [1.54, 1.807) is 17.7 Å². The van der Waals surface area contributed by atoms with E-state index in [2.05, 4.69) is 19.8 Å². The van der Waals surface area contributed by atoms with Crippen molar-refractivity contribution >= 4 is 23.5 Å². The molecule has 4 rings (SSSR count). The highest BCUT2D eigenvalue weighted by Crippen LogP contribution is 2.30. The van der Waals surface area contributed by atoms with E-state index in [1.165, 1.54) is 0 Å². The lowest BCUT2D eigenvalue weighted by Gasteiger charge is -2.38. The summed E-state index contributed by atoms with van der Waals surface area (Å²) >= 11 is 5.95. The molecule has 146 valence electrons. The summed E-state index contributed by atoms with van der Waals surface area (Å²) in [4.78, 5) is 31.3. The molecule has 0 atom stereocenters. The van der Waals surface area contributed by atoms with Crippen LogP contribution in [0.4, 0.5) is 14.7 Å². The predicted octanol–water partition coefficient (Wildman–Crippen LogP) is 1.94. The van der Waals surface area contributed by atoms with E-state index in [0.717, 1.165) is 16.2 Å². The van der Waals surface area contributed by atoms with Gasteiger partial charge in [-0.1, -0.05) is 0 Å². The molecule has 2 aromatic rings. The van der Waals surface area contributed by atoms with E-state index in [-0.39, 0.29) is 11.8 Å². The second-order valence-electron chi connectivity index (χ2n) is 6.89. The van der Waals surface area contributed by atoms with Gasteiger partial charge >= 0.3 is 0 Å². The van der Waals surface area contributed by atoms with Gasteiger partial charge in [0.1, 0.15) is 5.69 Å². The quantitative estimate of drug-likeness (QED) is 0.727. The zero-order valence-electron chi connectivity index (χ0n) is 15.0. The summed E-state index contributed by atoms with van der Waals surface area (Å²) in [5.74, 6) is -2.51. The smallest absolute Gasteiger partial charge is 0.282 e. The number of aromatic nitrogens is 4. The topological polar surface area (TPSA) is 71.5 Å².